The largest absolute Gasteiger partial charge is 0.192 e. The Bertz CT molecular complexity index is 1270. The van der Waals surface area contributed by atoms with Gasteiger partial charge in [0.1, 0.15) is 17.7 Å². The second kappa shape index (κ2) is 5.45. The van der Waals surface area contributed by atoms with Crippen molar-refractivity contribution in [3.63, 3.8) is 0 Å². The van der Waals surface area contributed by atoms with Crippen LogP contribution in [0.3, 0.4) is 0 Å². The van der Waals surface area contributed by atoms with Crippen molar-refractivity contribution >= 4 is 28.7 Å². The van der Waals surface area contributed by atoms with Crippen LogP contribution in [0.5, 0.6) is 0 Å². The molecule has 1 aromatic carbocycles. The molecule has 136 valence electrons. The van der Waals surface area contributed by atoms with Gasteiger partial charge in [0.05, 0.1) is 0 Å². The second-order valence-corrected chi connectivity index (χ2v) is 10.5. The fraction of sp³-hybridized carbons (Fsp3) is 0.250. The third kappa shape index (κ3) is 2.05. The van der Waals surface area contributed by atoms with Gasteiger partial charge in [0.25, 0.3) is 0 Å². The SMILES string of the molecule is CC1(C)c2cc3c(cc2-c2sccc21)C(C)(C)c1cc(C=C(C#N)C#N)sc1-3. The van der Waals surface area contributed by atoms with Gasteiger partial charge in [-0.25, -0.2) is 0 Å². The fourth-order valence-corrected chi connectivity index (χ4v) is 7.07. The first kappa shape index (κ1) is 17.4. The summed E-state index contributed by atoms with van der Waals surface area (Å²) in [7, 11) is 0. The van der Waals surface area contributed by atoms with Crippen molar-refractivity contribution in [2.24, 2.45) is 0 Å². The molecule has 2 heterocycles. The molecule has 5 rings (SSSR count). The standard InChI is InChI=1S/C24H18N2S2/c1-23(2)17-5-6-27-21(17)15-9-19-16(10-18(15)23)22-20(24(19,3)4)8-14(28-22)7-13(11-25)12-26/h5-10H,1-4H3. The first-order valence-corrected chi connectivity index (χ1v) is 10.9. The van der Waals surface area contributed by atoms with E-state index in [1.54, 1.807) is 17.4 Å². The monoisotopic (exact) mass is 398 g/mol. The molecule has 0 amide bonds. The van der Waals surface area contributed by atoms with Crippen molar-refractivity contribution in [3.05, 3.63) is 62.3 Å². The molecule has 0 saturated carbocycles. The molecule has 0 fully saturated rings. The summed E-state index contributed by atoms with van der Waals surface area (Å²) in [6.45, 7) is 9.17. The van der Waals surface area contributed by atoms with Gasteiger partial charge < -0.3 is 0 Å². The van der Waals surface area contributed by atoms with Crippen LogP contribution < -0.4 is 0 Å². The van der Waals surface area contributed by atoms with Crippen LogP contribution in [-0.2, 0) is 10.8 Å². The lowest BCUT2D eigenvalue weighted by Gasteiger charge is -2.24. The summed E-state index contributed by atoms with van der Waals surface area (Å²) in [6.07, 6.45) is 1.70. The molecule has 0 atom stereocenters. The van der Waals surface area contributed by atoms with Crippen LogP contribution in [0.25, 0.3) is 27.0 Å². The van der Waals surface area contributed by atoms with E-state index in [1.807, 2.05) is 23.5 Å². The number of hydrogen-bond donors (Lipinski definition) is 0. The number of hydrogen-bond acceptors (Lipinski definition) is 4. The lowest BCUT2D eigenvalue weighted by molar-refractivity contribution is 0.653. The van der Waals surface area contributed by atoms with Crippen LogP contribution in [0.2, 0.25) is 0 Å². The van der Waals surface area contributed by atoms with Crippen LogP contribution in [0, 0.1) is 22.7 Å². The molecule has 0 N–H and O–H groups in total. The van der Waals surface area contributed by atoms with E-state index in [1.165, 1.54) is 43.1 Å². The van der Waals surface area contributed by atoms with Crippen molar-refractivity contribution in [3.8, 4) is 33.0 Å². The van der Waals surface area contributed by atoms with Gasteiger partial charge in [0.2, 0.25) is 0 Å². The van der Waals surface area contributed by atoms with E-state index in [-0.39, 0.29) is 16.4 Å². The highest BCUT2D eigenvalue weighted by molar-refractivity contribution is 7.16. The molecular weight excluding hydrogens is 380 g/mol. The number of thiophene rings is 2. The Morgan fingerprint density at radius 3 is 2.11 bits per heavy atom. The molecule has 0 radical (unpaired) electrons. The molecule has 3 aromatic rings. The Morgan fingerprint density at radius 1 is 0.857 bits per heavy atom. The van der Waals surface area contributed by atoms with Crippen LogP contribution in [0.15, 0.2) is 35.2 Å². The van der Waals surface area contributed by atoms with E-state index in [0.29, 0.717) is 0 Å². The van der Waals surface area contributed by atoms with Crippen LogP contribution in [0.1, 0.15) is 54.8 Å². The Labute approximate surface area is 173 Å². The van der Waals surface area contributed by atoms with Gasteiger partial charge in [-0.15, -0.1) is 22.7 Å². The Kier molecular flexibility index (Phi) is 3.39. The highest BCUT2D eigenvalue weighted by Crippen LogP contribution is 2.58. The van der Waals surface area contributed by atoms with Gasteiger partial charge >= 0.3 is 0 Å². The van der Waals surface area contributed by atoms with Gasteiger partial charge in [-0.3, -0.25) is 0 Å². The maximum atomic E-state index is 9.09. The van der Waals surface area contributed by atoms with Crippen molar-refractivity contribution in [2.75, 3.05) is 0 Å². The molecule has 2 nitrogen and oxygen atoms in total. The molecule has 0 aliphatic heterocycles. The van der Waals surface area contributed by atoms with Gasteiger partial charge in [-0.05, 0) is 69.1 Å². The summed E-state index contributed by atoms with van der Waals surface area (Å²) in [6, 6.07) is 13.2. The molecule has 0 unspecified atom stereocenters. The van der Waals surface area contributed by atoms with Crippen molar-refractivity contribution in [1.29, 1.82) is 10.5 Å². The number of fused-ring (bicyclic) bond motifs is 6. The number of benzene rings is 1. The molecule has 2 aliphatic rings. The summed E-state index contributed by atoms with van der Waals surface area (Å²) >= 11 is 3.52. The smallest absolute Gasteiger partial charge is 0.131 e. The summed E-state index contributed by atoms with van der Waals surface area (Å²) in [5, 5.41) is 20.4. The normalized spacial score (nSPS) is 16.4. The minimum Gasteiger partial charge on any atom is -0.192 e. The second-order valence-electron chi connectivity index (χ2n) is 8.53. The third-order valence-corrected chi connectivity index (χ3v) is 8.35. The van der Waals surface area contributed by atoms with E-state index in [2.05, 4.69) is 57.3 Å². The number of nitriles is 2. The Morgan fingerprint density at radius 2 is 1.46 bits per heavy atom. The number of nitrogens with zero attached hydrogens (tertiary/aromatic N) is 2. The lowest BCUT2D eigenvalue weighted by Crippen LogP contribution is -2.16. The molecule has 0 bridgehead atoms. The first-order valence-electron chi connectivity index (χ1n) is 9.23. The Balaban J connectivity index is 1.75. The van der Waals surface area contributed by atoms with Gasteiger partial charge in [-0.1, -0.05) is 27.7 Å². The minimum absolute atomic E-state index is 0.0152. The van der Waals surface area contributed by atoms with E-state index in [4.69, 9.17) is 10.5 Å². The molecule has 0 saturated heterocycles. The molecule has 0 spiro atoms. The zero-order valence-electron chi connectivity index (χ0n) is 16.2. The molecular formula is C24H18N2S2. The molecule has 2 aliphatic carbocycles. The summed E-state index contributed by atoms with van der Waals surface area (Å²) in [5.74, 6) is 0. The molecule has 28 heavy (non-hydrogen) atoms. The van der Waals surface area contributed by atoms with E-state index < -0.39 is 0 Å². The zero-order chi connectivity index (χ0) is 19.8. The lowest BCUT2D eigenvalue weighted by atomic mass is 9.79. The minimum atomic E-state index is -0.0914. The predicted molar refractivity (Wildman–Crippen MR) is 117 cm³/mol. The number of rotatable bonds is 1. The highest BCUT2D eigenvalue weighted by Gasteiger charge is 2.42. The first-order chi connectivity index (χ1) is 13.3. The average Bonchev–Trinajstić information content (AvgIpc) is 3.38. The number of allylic oxidation sites excluding steroid dienone is 1. The van der Waals surface area contributed by atoms with E-state index in [9.17, 15) is 0 Å². The van der Waals surface area contributed by atoms with Crippen molar-refractivity contribution < 1.29 is 0 Å². The fourth-order valence-electron chi connectivity index (χ4n) is 4.69. The topological polar surface area (TPSA) is 47.6 Å². The van der Waals surface area contributed by atoms with E-state index in [0.717, 1.165) is 4.88 Å². The van der Waals surface area contributed by atoms with E-state index >= 15 is 0 Å². The zero-order valence-corrected chi connectivity index (χ0v) is 17.8. The third-order valence-electron chi connectivity index (χ3n) is 6.28. The summed E-state index contributed by atoms with van der Waals surface area (Å²) in [4.78, 5) is 3.65. The van der Waals surface area contributed by atoms with Gasteiger partial charge in [0.15, 0.2) is 0 Å². The maximum Gasteiger partial charge on any atom is 0.131 e. The quantitative estimate of drug-likeness (QED) is 0.421. The van der Waals surface area contributed by atoms with Crippen LogP contribution in [0.4, 0.5) is 0 Å². The average molecular weight is 399 g/mol. The van der Waals surface area contributed by atoms with Crippen molar-refractivity contribution in [1.82, 2.24) is 0 Å². The van der Waals surface area contributed by atoms with Gasteiger partial charge in [-0.2, -0.15) is 10.5 Å². The molecule has 4 heteroatoms. The summed E-state index contributed by atoms with van der Waals surface area (Å²) < 4.78 is 0. The summed E-state index contributed by atoms with van der Waals surface area (Å²) in [5.41, 5.74) is 8.26. The van der Waals surface area contributed by atoms with Crippen LogP contribution in [-0.4, -0.2) is 0 Å². The molecule has 2 aromatic heterocycles. The van der Waals surface area contributed by atoms with Gasteiger partial charge in [0, 0.05) is 25.5 Å². The highest BCUT2D eigenvalue weighted by atomic mass is 32.1. The maximum absolute atomic E-state index is 9.09. The Hall–Kier alpha value is -2.66. The van der Waals surface area contributed by atoms with Crippen molar-refractivity contribution in [2.45, 2.75) is 38.5 Å². The predicted octanol–water partition coefficient (Wildman–Crippen LogP) is 6.85. The van der Waals surface area contributed by atoms with Crippen LogP contribution >= 0.6 is 22.7 Å².